The second kappa shape index (κ2) is 38.6. The van der Waals surface area contributed by atoms with Gasteiger partial charge in [-0.1, -0.05) is 109 Å². The maximum Gasteiger partial charge on any atom is 1.00 e. The van der Waals surface area contributed by atoms with Crippen molar-refractivity contribution >= 4 is 70.6 Å². The summed E-state index contributed by atoms with van der Waals surface area (Å²) in [6.07, 6.45) is 0. The minimum atomic E-state index is -2.25. The molecule has 1 fully saturated rings. The van der Waals surface area contributed by atoms with Crippen molar-refractivity contribution in [3.8, 4) is 0 Å². The number of hydrogen-bond acceptors (Lipinski definition) is 15. The molecule has 1 aliphatic heterocycles. The van der Waals surface area contributed by atoms with Crippen LogP contribution in [0.4, 0.5) is 0 Å². The van der Waals surface area contributed by atoms with Crippen LogP contribution in [-0.2, 0) is 54.7 Å². The molecule has 19 heteroatoms. The number of nitrogens with zero attached hydrogens (tertiary/aromatic N) is 4. The van der Waals surface area contributed by atoms with Gasteiger partial charge in [0.25, 0.3) is 0 Å². The maximum absolute atomic E-state index is 9.15. The first kappa shape index (κ1) is 60.9. The van der Waals surface area contributed by atoms with Crippen molar-refractivity contribution in [1.82, 2.24) is 9.80 Å². The minimum absolute atomic E-state index is 0. The molecule has 1 heterocycles. The van der Waals surface area contributed by atoms with Gasteiger partial charge in [-0.2, -0.15) is 0 Å². The molecule has 1 saturated heterocycles. The van der Waals surface area contributed by atoms with E-state index in [0.717, 1.165) is 73.8 Å². The van der Waals surface area contributed by atoms with Crippen LogP contribution in [0.15, 0.2) is 211 Å². The summed E-state index contributed by atoms with van der Waals surface area (Å²) in [6.45, 7) is 6.78. The van der Waals surface area contributed by atoms with Gasteiger partial charge in [0.2, 0.25) is 0 Å². The zero-order chi connectivity index (χ0) is 46.1. The Labute approximate surface area is 452 Å². The molecule has 0 bridgehead atoms. The third-order valence-electron chi connectivity index (χ3n) is 8.71. The number of benzene rings is 6. The van der Waals surface area contributed by atoms with Crippen LogP contribution >= 0.6 is 70.6 Å². The minimum Gasteiger partial charge on any atom is -0.557 e. The molecule has 0 N–H and O–H groups in total. The van der Waals surface area contributed by atoms with E-state index in [-0.39, 0.29) is 44.8 Å². The summed E-state index contributed by atoms with van der Waals surface area (Å²) in [5, 5.41) is 30.8. The molecule has 0 aromatic heterocycles. The van der Waals surface area contributed by atoms with E-state index in [4.69, 9.17) is 25.7 Å². The van der Waals surface area contributed by atoms with Crippen molar-refractivity contribution in [1.29, 1.82) is 0 Å². The predicted molar refractivity (Wildman–Crippen MR) is 275 cm³/mol. The molecule has 0 radical (unpaired) electrons. The smallest absolute Gasteiger partial charge is 0.557 e. The van der Waals surface area contributed by atoms with Crippen LogP contribution in [0.2, 0.25) is 0 Å². The fraction of sp³-hybridized carbons (Fsp3) is 0.250. The summed E-state index contributed by atoms with van der Waals surface area (Å²) in [4.78, 5) is 28.1. The molecule has 11 nitrogen and oxygen atoms in total. The molecule has 0 amide bonds. The third kappa shape index (κ3) is 32.4. The van der Waals surface area contributed by atoms with Gasteiger partial charge in [-0.25, -0.2) is 0 Å². The molecule has 0 atom stereocenters. The van der Waals surface area contributed by atoms with E-state index in [9.17, 15) is 0 Å². The van der Waals surface area contributed by atoms with Crippen LogP contribution in [0, 0.1) is 25.7 Å². The van der Waals surface area contributed by atoms with Crippen molar-refractivity contribution in [3.63, 3.8) is 0 Å². The van der Waals surface area contributed by atoms with Crippen molar-refractivity contribution in [2.24, 2.45) is 0 Å². The van der Waals surface area contributed by atoms with E-state index in [0.29, 0.717) is 0 Å². The van der Waals surface area contributed by atoms with Crippen LogP contribution in [-0.4, -0.2) is 93.8 Å². The second-order valence-corrected chi connectivity index (χ2v) is 20.5. The summed E-state index contributed by atoms with van der Waals surface area (Å²) in [7, 11) is 0. The number of rotatable bonds is 24. The van der Waals surface area contributed by atoms with Gasteiger partial charge in [0, 0.05) is 103 Å². The Kier molecular flexibility index (Phi) is 35.1. The Morgan fingerprint density at radius 1 is 0.358 bits per heavy atom. The van der Waals surface area contributed by atoms with E-state index in [1.807, 2.05) is 70.6 Å². The molecule has 67 heavy (non-hydrogen) atoms. The van der Waals surface area contributed by atoms with Crippen LogP contribution in [0.25, 0.3) is 0 Å². The molecular formula is C48H54Ag2N4O7S6. The van der Waals surface area contributed by atoms with Gasteiger partial charge in [0.1, 0.15) is 0 Å². The second-order valence-electron chi connectivity index (χ2n) is 13.5. The Balaban J connectivity index is 0.000000378. The summed E-state index contributed by atoms with van der Waals surface area (Å²) < 4.78 is 0. The summed E-state index contributed by atoms with van der Waals surface area (Å²) in [5.41, 5.74) is 0. The van der Waals surface area contributed by atoms with Gasteiger partial charge in [-0.05, 0) is 77.9 Å². The van der Waals surface area contributed by atoms with Crippen molar-refractivity contribution in [3.05, 3.63) is 208 Å². The fourth-order valence-corrected chi connectivity index (χ4v) is 11.2. The van der Waals surface area contributed by atoms with Crippen molar-refractivity contribution < 1.29 is 65.0 Å². The molecular weight excluding hydrogens is 1150 g/mol. The van der Waals surface area contributed by atoms with E-state index in [2.05, 4.69) is 202 Å². The Morgan fingerprint density at radius 3 is 0.612 bits per heavy atom. The number of thioether (sulfide) groups is 6. The third-order valence-corrected chi connectivity index (χ3v) is 14.7. The normalized spacial score (nSPS) is 11.8. The quantitative estimate of drug-likeness (QED) is 0.00828. The monoisotopic (exact) mass is 1200 g/mol. The van der Waals surface area contributed by atoms with Crippen LogP contribution in [0.3, 0.4) is 0 Å². The SMILES string of the molecule is O=[N+]([O-])[O-].[Ag+].[Ag+].[O-][N+]1([O-])OO1.c1ccc(SCCN(CCSc2ccccc2)CCSc2ccccc2)cc1.c1ccc(SCCN(CCSc2ccccc2)CCSc2ccccc2)cc1. The van der Waals surface area contributed by atoms with Gasteiger partial charge in [-0.15, -0.1) is 70.6 Å². The average molecular weight is 1210 g/mol. The first-order chi connectivity index (χ1) is 31.7. The molecule has 0 saturated carbocycles. The maximum atomic E-state index is 9.15. The van der Waals surface area contributed by atoms with E-state index < -0.39 is 10.2 Å². The average Bonchev–Trinajstić information content (AvgIpc) is 4.04. The summed E-state index contributed by atoms with van der Waals surface area (Å²) in [5.74, 6) is 6.81. The molecule has 0 aliphatic carbocycles. The molecule has 0 spiro atoms. The summed E-state index contributed by atoms with van der Waals surface area (Å²) >= 11 is 11.7. The largest absolute Gasteiger partial charge is 1.00 e. The number of hydrogen-bond donors (Lipinski definition) is 0. The van der Waals surface area contributed by atoms with Gasteiger partial charge >= 0.3 is 44.8 Å². The zero-order valence-electron chi connectivity index (χ0n) is 36.5. The van der Waals surface area contributed by atoms with Crippen LogP contribution in [0.5, 0.6) is 0 Å². The van der Waals surface area contributed by atoms with Gasteiger partial charge in [0.05, 0.1) is 15.1 Å². The van der Waals surface area contributed by atoms with Crippen LogP contribution in [0.1, 0.15) is 0 Å². The first-order valence-corrected chi connectivity index (χ1v) is 26.7. The first-order valence-electron chi connectivity index (χ1n) is 20.8. The molecule has 6 aromatic carbocycles. The van der Waals surface area contributed by atoms with E-state index >= 15 is 0 Å². The zero-order valence-corrected chi connectivity index (χ0v) is 44.4. The van der Waals surface area contributed by atoms with Crippen molar-refractivity contribution in [2.45, 2.75) is 29.4 Å². The van der Waals surface area contributed by atoms with E-state index in [1.54, 1.807) is 0 Å². The Bertz CT molecular complexity index is 1730. The van der Waals surface area contributed by atoms with Crippen molar-refractivity contribution in [2.75, 3.05) is 73.8 Å². The Morgan fingerprint density at radius 2 is 0.493 bits per heavy atom. The molecule has 1 aliphatic rings. The molecule has 6 aromatic rings. The number of quaternary nitrogens is 1. The standard InChI is InChI=1S/2C24H27NS3.2Ag.NO4.NO3/c2*1-4-10-22(11-5-1)26-19-16-25(17-20-27-23-12-6-2-7-13-23)18-21-28-24-14-8-3-9-15-24;;;2-1(3)4-5-1;2-1(3)4/h2*1-15H,16-21H2;;;;/q;;2*+1;2*-1. The van der Waals surface area contributed by atoms with E-state index in [1.165, 1.54) is 29.4 Å². The van der Waals surface area contributed by atoms with Crippen LogP contribution < -0.4 is 0 Å². The summed E-state index contributed by atoms with van der Waals surface area (Å²) in [6, 6.07) is 64.3. The van der Waals surface area contributed by atoms with Gasteiger partial charge in [-0.3, -0.25) is 0 Å². The molecule has 7 rings (SSSR count). The van der Waals surface area contributed by atoms with Gasteiger partial charge < -0.3 is 35.5 Å². The fourth-order valence-electron chi connectivity index (χ4n) is 5.55. The Hall–Kier alpha value is -2.18. The topological polar surface area (TPSA) is 144 Å². The molecule has 0 unspecified atom stereocenters. The van der Waals surface area contributed by atoms with Gasteiger partial charge in [0.15, 0.2) is 0 Å². The molecule has 366 valence electrons. The predicted octanol–water partition coefficient (Wildman–Crippen LogP) is 12.7.